The van der Waals surface area contributed by atoms with Gasteiger partial charge in [-0.15, -0.1) is 11.3 Å². The molecule has 14 rings (SSSR count). The van der Waals surface area contributed by atoms with Crippen LogP contribution in [0, 0.1) is 0 Å². The molecule has 0 atom stereocenters. The lowest BCUT2D eigenvalue weighted by Gasteiger charge is -2.33. The van der Waals surface area contributed by atoms with Gasteiger partial charge in [-0.2, -0.15) is 0 Å². The standard InChI is InChI=1S/C61H37NS/c1-2-18-41-39(17-1)40-19-3-4-24-47(40)59-48(41)26-15-32-56(59)62(55-31-13-8-23-46(55)49-27-16-34-58-60(49)50-25-9-14-33-57(50)63-58)38-35-36-45-44-22-7-12-30-53(44)61(54(45)37-38)51-28-10-5-20-42(51)43-21-6-11-29-52(43)61/h1-37H. The Balaban J connectivity index is 1.12. The van der Waals surface area contributed by atoms with Crippen molar-refractivity contribution in [1.29, 1.82) is 0 Å². The van der Waals surface area contributed by atoms with E-state index in [0.29, 0.717) is 0 Å². The number of fused-ring (bicyclic) bond motifs is 19. The Morgan fingerprint density at radius 1 is 0.286 bits per heavy atom. The molecular weight excluding hydrogens is 779 g/mol. The van der Waals surface area contributed by atoms with Crippen molar-refractivity contribution in [2.45, 2.75) is 5.41 Å². The molecule has 63 heavy (non-hydrogen) atoms. The molecule has 11 aromatic carbocycles. The van der Waals surface area contributed by atoms with Gasteiger partial charge in [-0.1, -0.05) is 188 Å². The molecule has 2 heteroatoms. The molecule has 2 aliphatic rings. The van der Waals surface area contributed by atoms with E-state index >= 15 is 0 Å². The van der Waals surface area contributed by atoms with E-state index in [4.69, 9.17) is 0 Å². The average molecular weight is 816 g/mol. The van der Waals surface area contributed by atoms with Gasteiger partial charge in [0.15, 0.2) is 0 Å². The number of nitrogens with zero attached hydrogens (tertiary/aromatic N) is 1. The second-order valence-corrected chi connectivity index (χ2v) is 18.1. The van der Waals surface area contributed by atoms with Crippen LogP contribution in [-0.2, 0) is 5.41 Å². The molecule has 0 N–H and O–H groups in total. The number of para-hydroxylation sites is 1. The van der Waals surface area contributed by atoms with E-state index < -0.39 is 5.41 Å². The number of hydrogen-bond acceptors (Lipinski definition) is 2. The fourth-order valence-electron chi connectivity index (χ4n) is 11.6. The minimum absolute atomic E-state index is 0.469. The van der Waals surface area contributed by atoms with Crippen LogP contribution >= 0.6 is 11.3 Å². The highest BCUT2D eigenvalue weighted by molar-refractivity contribution is 7.25. The Kier molecular flexibility index (Phi) is 7.26. The Labute approximate surface area is 369 Å². The van der Waals surface area contributed by atoms with Gasteiger partial charge in [-0.05, 0) is 113 Å². The number of benzene rings is 11. The molecule has 1 heterocycles. The molecule has 292 valence electrons. The molecule has 0 radical (unpaired) electrons. The summed E-state index contributed by atoms with van der Waals surface area (Å²) in [5, 5.41) is 10.2. The first kappa shape index (κ1) is 34.9. The minimum atomic E-state index is -0.469. The summed E-state index contributed by atoms with van der Waals surface area (Å²) in [4.78, 5) is 2.58. The number of rotatable bonds is 4. The lowest BCUT2D eigenvalue weighted by atomic mass is 9.70. The van der Waals surface area contributed by atoms with Crippen molar-refractivity contribution in [3.8, 4) is 33.4 Å². The molecule has 0 saturated heterocycles. The van der Waals surface area contributed by atoms with Crippen molar-refractivity contribution in [2.24, 2.45) is 0 Å². The number of anilines is 3. The van der Waals surface area contributed by atoms with E-state index in [1.54, 1.807) is 0 Å². The Morgan fingerprint density at radius 2 is 0.730 bits per heavy atom. The van der Waals surface area contributed by atoms with Crippen LogP contribution in [0.25, 0.3) is 85.9 Å². The SMILES string of the molecule is c1ccc(N(c2ccc3c(c2)C2(c4ccccc4-c4ccccc42)c2ccccc2-3)c2cccc3c4ccccc4c4ccccc4c23)c(-c2cccc3sc4ccccc4c23)c1. The maximum Gasteiger partial charge on any atom is 0.0726 e. The molecular formula is C61H37NS. The van der Waals surface area contributed by atoms with Crippen molar-refractivity contribution < 1.29 is 0 Å². The second kappa shape index (κ2) is 13.1. The first-order valence-electron chi connectivity index (χ1n) is 21.8. The van der Waals surface area contributed by atoms with Crippen LogP contribution in [0.4, 0.5) is 17.1 Å². The van der Waals surface area contributed by atoms with Gasteiger partial charge in [0, 0.05) is 36.8 Å². The molecule has 0 unspecified atom stereocenters. The zero-order valence-electron chi connectivity index (χ0n) is 34.2. The maximum atomic E-state index is 2.58. The fraction of sp³-hybridized carbons (Fsp3) is 0.0164. The maximum absolute atomic E-state index is 2.58. The molecule has 0 bridgehead atoms. The minimum Gasteiger partial charge on any atom is -0.309 e. The largest absolute Gasteiger partial charge is 0.309 e. The van der Waals surface area contributed by atoms with Gasteiger partial charge in [0.2, 0.25) is 0 Å². The molecule has 0 fully saturated rings. The fourth-order valence-corrected chi connectivity index (χ4v) is 12.8. The third-order valence-electron chi connectivity index (χ3n) is 14.1. The lowest BCUT2D eigenvalue weighted by Crippen LogP contribution is -2.26. The zero-order chi connectivity index (χ0) is 41.2. The molecule has 2 aliphatic carbocycles. The predicted octanol–water partition coefficient (Wildman–Crippen LogP) is 17.0. The second-order valence-electron chi connectivity index (χ2n) is 17.0. The highest BCUT2D eigenvalue weighted by Gasteiger charge is 2.51. The lowest BCUT2D eigenvalue weighted by molar-refractivity contribution is 0.793. The summed E-state index contributed by atoms with van der Waals surface area (Å²) < 4.78 is 2.61. The van der Waals surface area contributed by atoms with Gasteiger partial charge >= 0.3 is 0 Å². The van der Waals surface area contributed by atoms with Crippen molar-refractivity contribution in [2.75, 3.05) is 4.90 Å². The van der Waals surface area contributed by atoms with Gasteiger partial charge in [0.25, 0.3) is 0 Å². The Morgan fingerprint density at radius 3 is 1.40 bits per heavy atom. The quantitative estimate of drug-likeness (QED) is 0.160. The molecule has 12 aromatic rings. The molecule has 1 aromatic heterocycles. The summed E-state index contributed by atoms with van der Waals surface area (Å²) in [6, 6.07) is 84.2. The topological polar surface area (TPSA) is 3.24 Å². The van der Waals surface area contributed by atoms with Gasteiger partial charge in [0.05, 0.1) is 16.8 Å². The first-order valence-corrected chi connectivity index (χ1v) is 22.7. The number of hydrogen-bond donors (Lipinski definition) is 0. The zero-order valence-corrected chi connectivity index (χ0v) is 35.0. The third-order valence-corrected chi connectivity index (χ3v) is 15.2. The van der Waals surface area contributed by atoms with Crippen LogP contribution < -0.4 is 4.90 Å². The van der Waals surface area contributed by atoms with Crippen molar-refractivity contribution >= 4 is 80.9 Å². The van der Waals surface area contributed by atoms with Crippen LogP contribution in [0.1, 0.15) is 22.3 Å². The van der Waals surface area contributed by atoms with Crippen LogP contribution in [0.5, 0.6) is 0 Å². The van der Waals surface area contributed by atoms with Crippen LogP contribution in [0.15, 0.2) is 224 Å². The summed E-state index contributed by atoms with van der Waals surface area (Å²) in [6.45, 7) is 0. The van der Waals surface area contributed by atoms with Crippen LogP contribution in [0.3, 0.4) is 0 Å². The number of thiophene rings is 1. The summed E-state index contributed by atoms with van der Waals surface area (Å²) in [6.07, 6.45) is 0. The highest BCUT2D eigenvalue weighted by atomic mass is 32.1. The molecule has 1 spiro atoms. The summed E-state index contributed by atoms with van der Waals surface area (Å²) in [5.41, 5.74) is 16.0. The summed E-state index contributed by atoms with van der Waals surface area (Å²) in [5.74, 6) is 0. The van der Waals surface area contributed by atoms with Crippen LogP contribution in [0.2, 0.25) is 0 Å². The predicted molar refractivity (Wildman–Crippen MR) is 268 cm³/mol. The molecule has 0 aliphatic heterocycles. The van der Waals surface area contributed by atoms with E-state index in [1.807, 2.05) is 11.3 Å². The van der Waals surface area contributed by atoms with E-state index in [9.17, 15) is 0 Å². The Bertz CT molecular complexity index is 3780. The smallest absolute Gasteiger partial charge is 0.0726 e. The van der Waals surface area contributed by atoms with Gasteiger partial charge in [0.1, 0.15) is 0 Å². The summed E-state index contributed by atoms with van der Waals surface area (Å²) >= 11 is 1.88. The van der Waals surface area contributed by atoms with Gasteiger partial charge < -0.3 is 4.90 Å². The van der Waals surface area contributed by atoms with E-state index in [2.05, 4.69) is 229 Å². The van der Waals surface area contributed by atoms with Crippen molar-refractivity contribution in [1.82, 2.24) is 0 Å². The van der Waals surface area contributed by atoms with Crippen molar-refractivity contribution in [3.63, 3.8) is 0 Å². The van der Waals surface area contributed by atoms with E-state index in [0.717, 1.165) is 17.1 Å². The van der Waals surface area contributed by atoms with E-state index in [-0.39, 0.29) is 0 Å². The highest BCUT2D eigenvalue weighted by Crippen LogP contribution is 2.63. The first-order chi connectivity index (χ1) is 31.3. The van der Waals surface area contributed by atoms with E-state index in [1.165, 1.54) is 108 Å². The van der Waals surface area contributed by atoms with Crippen LogP contribution in [-0.4, -0.2) is 0 Å². The van der Waals surface area contributed by atoms with Gasteiger partial charge in [-0.3, -0.25) is 0 Å². The van der Waals surface area contributed by atoms with Gasteiger partial charge in [-0.25, -0.2) is 0 Å². The molecule has 1 nitrogen and oxygen atoms in total. The molecule has 0 amide bonds. The van der Waals surface area contributed by atoms with Crippen molar-refractivity contribution in [3.05, 3.63) is 247 Å². The third kappa shape index (κ3) is 4.66. The monoisotopic (exact) mass is 815 g/mol. The molecule has 0 saturated carbocycles. The average Bonchev–Trinajstić information content (AvgIpc) is 3.99. The Hall–Kier alpha value is -7.78. The summed E-state index contributed by atoms with van der Waals surface area (Å²) in [7, 11) is 0. The normalized spacial score (nSPS) is 13.2.